The molecule has 0 aliphatic carbocycles. The molecule has 0 radical (unpaired) electrons. The number of amides is 1. The summed E-state index contributed by atoms with van der Waals surface area (Å²) in [4.78, 5) is 27.1. The minimum Gasteiger partial charge on any atom is -0.352 e. The van der Waals surface area contributed by atoms with Crippen molar-refractivity contribution in [1.29, 1.82) is 0 Å². The lowest BCUT2D eigenvalue weighted by Crippen LogP contribution is -2.53. The fraction of sp³-hybridized carbons (Fsp3) is 0.647. The van der Waals surface area contributed by atoms with E-state index in [1.165, 1.54) is 0 Å². The Morgan fingerprint density at radius 2 is 2.04 bits per heavy atom. The Morgan fingerprint density at radius 1 is 1.28 bits per heavy atom. The number of carbonyl (C=O) groups is 1. The number of piperidine rings is 1. The van der Waals surface area contributed by atoms with E-state index < -0.39 is 0 Å². The van der Waals surface area contributed by atoms with Crippen molar-refractivity contribution in [1.82, 2.24) is 20.7 Å². The number of carbonyl (C=O) groups excluding carboxylic acids is 1. The number of rotatable bonds is 2. The lowest BCUT2D eigenvalue weighted by molar-refractivity contribution is -0.135. The average Bonchev–Trinajstić information content (AvgIpc) is 3.06. The Hall–Kier alpha value is -1.41. The van der Waals surface area contributed by atoms with Gasteiger partial charge in [-0.1, -0.05) is 11.6 Å². The molecule has 4 rings (SSSR count). The van der Waals surface area contributed by atoms with Gasteiger partial charge in [-0.2, -0.15) is 5.48 Å². The maximum Gasteiger partial charge on any atom is 0.242 e. The molecule has 3 fully saturated rings. The van der Waals surface area contributed by atoms with Crippen LogP contribution < -0.4 is 15.7 Å². The van der Waals surface area contributed by atoms with E-state index in [2.05, 4.69) is 20.7 Å². The van der Waals surface area contributed by atoms with E-state index in [1.54, 1.807) is 6.20 Å². The molecule has 25 heavy (non-hydrogen) atoms. The van der Waals surface area contributed by atoms with Crippen molar-refractivity contribution in [2.24, 2.45) is 0 Å². The first kappa shape index (κ1) is 17.0. The van der Waals surface area contributed by atoms with Gasteiger partial charge in [0.15, 0.2) is 0 Å². The summed E-state index contributed by atoms with van der Waals surface area (Å²) in [6.45, 7) is 4.74. The second-order valence-electron chi connectivity index (χ2n) is 7.03. The predicted molar refractivity (Wildman–Crippen MR) is 95.5 cm³/mol. The standard InChI is InChI=1S/C17H24ClN5O2/c18-13-2-1-5-20-15(13)22-8-10-23(11-9-22)16(24)14-12-17(25-21-14)3-6-19-7-4-17/h1-2,5,14,19,21H,3-4,6-12H2. The van der Waals surface area contributed by atoms with Crippen molar-refractivity contribution < 1.29 is 9.63 Å². The monoisotopic (exact) mass is 365 g/mol. The Labute approximate surface area is 152 Å². The van der Waals surface area contributed by atoms with Crippen molar-refractivity contribution in [2.45, 2.75) is 30.9 Å². The molecule has 8 heteroatoms. The van der Waals surface area contributed by atoms with E-state index in [-0.39, 0.29) is 17.6 Å². The fourth-order valence-electron chi connectivity index (χ4n) is 3.95. The molecule has 7 nitrogen and oxygen atoms in total. The highest BCUT2D eigenvalue weighted by atomic mass is 35.5. The SMILES string of the molecule is O=C(C1CC2(CCNCC2)ON1)N1CCN(c2ncccc2Cl)CC1. The van der Waals surface area contributed by atoms with Gasteiger partial charge in [0.05, 0.1) is 10.6 Å². The van der Waals surface area contributed by atoms with Gasteiger partial charge in [0.2, 0.25) is 5.91 Å². The molecule has 136 valence electrons. The smallest absolute Gasteiger partial charge is 0.242 e. The van der Waals surface area contributed by atoms with Crippen LogP contribution in [0.25, 0.3) is 0 Å². The van der Waals surface area contributed by atoms with Gasteiger partial charge in [0.1, 0.15) is 11.9 Å². The summed E-state index contributed by atoms with van der Waals surface area (Å²) in [6, 6.07) is 3.44. The van der Waals surface area contributed by atoms with Gasteiger partial charge in [0.25, 0.3) is 0 Å². The van der Waals surface area contributed by atoms with Crippen LogP contribution in [-0.4, -0.2) is 66.7 Å². The third-order valence-corrected chi connectivity index (χ3v) is 5.73. The largest absolute Gasteiger partial charge is 0.352 e. The quantitative estimate of drug-likeness (QED) is 0.808. The normalized spacial score (nSPS) is 26.2. The topological polar surface area (TPSA) is 69.7 Å². The van der Waals surface area contributed by atoms with E-state index in [9.17, 15) is 4.79 Å². The fourth-order valence-corrected chi connectivity index (χ4v) is 4.19. The minimum absolute atomic E-state index is 0.141. The molecular weight excluding hydrogens is 342 g/mol. The Morgan fingerprint density at radius 3 is 2.76 bits per heavy atom. The zero-order valence-electron chi connectivity index (χ0n) is 14.2. The summed E-state index contributed by atoms with van der Waals surface area (Å²) in [5.41, 5.74) is 2.83. The van der Waals surface area contributed by atoms with E-state index in [0.717, 1.165) is 51.3 Å². The zero-order valence-corrected chi connectivity index (χ0v) is 15.0. The number of anilines is 1. The van der Waals surface area contributed by atoms with Crippen LogP contribution in [0.4, 0.5) is 5.82 Å². The first-order valence-corrected chi connectivity index (χ1v) is 9.33. The summed E-state index contributed by atoms with van der Waals surface area (Å²) < 4.78 is 0. The van der Waals surface area contributed by atoms with Crippen LogP contribution >= 0.6 is 11.6 Å². The van der Waals surface area contributed by atoms with Gasteiger partial charge in [-0.3, -0.25) is 9.63 Å². The number of aromatic nitrogens is 1. The molecule has 0 bridgehead atoms. The molecule has 1 aromatic heterocycles. The van der Waals surface area contributed by atoms with Gasteiger partial charge >= 0.3 is 0 Å². The lowest BCUT2D eigenvalue weighted by Gasteiger charge is -2.36. The van der Waals surface area contributed by atoms with Gasteiger partial charge in [-0.05, 0) is 38.1 Å². The first-order chi connectivity index (χ1) is 12.2. The second kappa shape index (κ2) is 7.07. The van der Waals surface area contributed by atoms with Crippen LogP contribution in [0.5, 0.6) is 0 Å². The van der Waals surface area contributed by atoms with Crippen molar-refractivity contribution in [2.75, 3.05) is 44.2 Å². The first-order valence-electron chi connectivity index (χ1n) is 8.95. The van der Waals surface area contributed by atoms with Crippen LogP contribution in [0.1, 0.15) is 19.3 Å². The van der Waals surface area contributed by atoms with Gasteiger partial charge in [-0.15, -0.1) is 0 Å². The van der Waals surface area contributed by atoms with Crippen molar-refractivity contribution in [3.8, 4) is 0 Å². The summed E-state index contributed by atoms with van der Waals surface area (Å²) >= 11 is 6.23. The lowest BCUT2D eigenvalue weighted by atomic mass is 9.87. The second-order valence-corrected chi connectivity index (χ2v) is 7.44. The Bertz CT molecular complexity index is 629. The molecule has 4 heterocycles. The summed E-state index contributed by atoms with van der Waals surface area (Å²) in [7, 11) is 0. The van der Waals surface area contributed by atoms with E-state index in [1.807, 2.05) is 17.0 Å². The number of halogens is 1. The van der Waals surface area contributed by atoms with Gasteiger partial charge < -0.3 is 15.1 Å². The molecule has 0 saturated carbocycles. The minimum atomic E-state index is -0.233. The number of hydrogen-bond acceptors (Lipinski definition) is 6. The highest BCUT2D eigenvalue weighted by Crippen LogP contribution is 2.33. The zero-order chi connectivity index (χ0) is 17.3. The van der Waals surface area contributed by atoms with Crippen LogP contribution in [0.2, 0.25) is 5.02 Å². The van der Waals surface area contributed by atoms with Gasteiger partial charge in [-0.25, -0.2) is 4.98 Å². The van der Waals surface area contributed by atoms with Crippen LogP contribution in [-0.2, 0) is 9.63 Å². The predicted octanol–water partition coefficient (Wildman–Crippen LogP) is 0.799. The number of nitrogens with zero attached hydrogens (tertiary/aromatic N) is 3. The van der Waals surface area contributed by atoms with Crippen molar-refractivity contribution >= 4 is 23.3 Å². The van der Waals surface area contributed by atoms with Crippen LogP contribution in [0.15, 0.2) is 18.3 Å². The summed E-state index contributed by atoms with van der Waals surface area (Å²) in [5, 5.41) is 4.00. The van der Waals surface area contributed by atoms with Crippen molar-refractivity contribution in [3.63, 3.8) is 0 Å². The molecule has 0 aromatic carbocycles. The summed E-state index contributed by atoms with van der Waals surface area (Å²) in [5.74, 6) is 0.939. The van der Waals surface area contributed by atoms with Crippen LogP contribution in [0.3, 0.4) is 0 Å². The maximum atomic E-state index is 12.8. The number of piperazine rings is 1. The molecule has 1 unspecified atom stereocenters. The molecule has 3 aliphatic heterocycles. The number of hydroxylamine groups is 1. The van der Waals surface area contributed by atoms with E-state index >= 15 is 0 Å². The molecule has 3 saturated heterocycles. The molecule has 2 N–H and O–H groups in total. The highest BCUT2D eigenvalue weighted by molar-refractivity contribution is 6.32. The number of nitrogens with one attached hydrogen (secondary N) is 2. The molecule has 1 aromatic rings. The summed E-state index contributed by atoms with van der Waals surface area (Å²) in [6.07, 6.45) is 4.42. The highest BCUT2D eigenvalue weighted by Gasteiger charge is 2.45. The average molecular weight is 366 g/mol. The Kier molecular flexibility index (Phi) is 4.82. The van der Waals surface area contributed by atoms with Crippen LogP contribution in [0, 0.1) is 0 Å². The maximum absolute atomic E-state index is 12.8. The molecular formula is C17H24ClN5O2. The van der Waals surface area contributed by atoms with Crippen molar-refractivity contribution in [3.05, 3.63) is 23.4 Å². The molecule has 3 aliphatic rings. The van der Waals surface area contributed by atoms with E-state index in [4.69, 9.17) is 16.4 Å². The number of hydrogen-bond donors (Lipinski definition) is 2. The molecule has 1 amide bonds. The molecule has 1 atom stereocenters. The Balaban J connectivity index is 1.33. The molecule has 1 spiro atoms. The van der Waals surface area contributed by atoms with E-state index in [0.29, 0.717) is 18.1 Å². The third-order valence-electron chi connectivity index (χ3n) is 5.44. The third kappa shape index (κ3) is 3.46. The van der Waals surface area contributed by atoms with Gasteiger partial charge in [0, 0.05) is 38.8 Å². The number of pyridine rings is 1.